The fourth-order valence-electron chi connectivity index (χ4n) is 1.93. The monoisotopic (exact) mass is 333 g/mol. The zero-order valence-corrected chi connectivity index (χ0v) is 13.0. The van der Waals surface area contributed by atoms with Crippen LogP contribution in [-0.2, 0) is 11.0 Å². The molecule has 0 aromatic heterocycles. The Hall–Kier alpha value is -2.25. The molecule has 0 atom stereocenters. The van der Waals surface area contributed by atoms with Crippen LogP contribution in [0.2, 0.25) is 0 Å². The summed E-state index contributed by atoms with van der Waals surface area (Å²) in [6.07, 6.45) is -3.54. The van der Waals surface area contributed by atoms with Crippen LogP contribution in [0.5, 0.6) is 11.5 Å². The van der Waals surface area contributed by atoms with E-state index in [-0.39, 0.29) is 6.42 Å². The third-order valence-corrected chi connectivity index (χ3v) is 3.28. The highest BCUT2D eigenvalue weighted by atomic mass is 19.4. The predicted molar refractivity (Wildman–Crippen MR) is 76.3 cm³/mol. The number of nitrogens with zero attached hydrogens (tertiary/aromatic N) is 1. The number of alkyl halides is 3. The molecule has 0 unspecified atom stereocenters. The molecule has 5 nitrogen and oxygen atoms in total. The quantitative estimate of drug-likeness (QED) is 0.898. The van der Waals surface area contributed by atoms with Crippen molar-refractivity contribution in [3.8, 4) is 11.5 Å². The van der Waals surface area contributed by atoms with Crippen LogP contribution in [0.3, 0.4) is 0 Å². The summed E-state index contributed by atoms with van der Waals surface area (Å²) >= 11 is 0. The van der Waals surface area contributed by atoms with Crippen molar-refractivity contribution in [2.75, 3.05) is 14.2 Å². The number of imide groups is 1. The topological polar surface area (TPSA) is 66.8 Å². The lowest BCUT2D eigenvalue weighted by atomic mass is 10.0. The molecule has 0 saturated heterocycles. The molecular formula is C15H18F3NO4. The van der Waals surface area contributed by atoms with Crippen LogP contribution in [0, 0.1) is 0 Å². The third kappa shape index (κ3) is 4.37. The largest absolute Gasteiger partial charge is 0.504 e. The number of phenols is 1. The van der Waals surface area contributed by atoms with Crippen LogP contribution < -0.4 is 4.74 Å². The Morgan fingerprint density at radius 2 is 1.91 bits per heavy atom. The van der Waals surface area contributed by atoms with Crippen LogP contribution in [0.25, 0.3) is 0 Å². The molecule has 23 heavy (non-hydrogen) atoms. The Kier molecular flexibility index (Phi) is 6.00. The molecule has 0 saturated carbocycles. The molecule has 1 N–H and O–H groups in total. The molecule has 0 spiro atoms. The van der Waals surface area contributed by atoms with E-state index in [4.69, 9.17) is 0 Å². The van der Waals surface area contributed by atoms with Gasteiger partial charge in [0.15, 0.2) is 11.5 Å². The molecule has 0 aliphatic rings. The minimum Gasteiger partial charge on any atom is -0.504 e. The van der Waals surface area contributed by atoms with Crippen LogP contribution in [-0.4, -0.2) is 36.0 Å². The highest BCUT2D eigenvalue weighted by molar-refractivity contribution is 6.05. The maximum atomic E-state index is 13.1. The Morgan fingerprint density at radius 3 is 2.39 bits per heavy atom. The smallest absolute Gasteiger partial charge is 0.417 e. The van der Waals surface area contributed by atoms with Crippen molar-refractivity contribution in [3.05, 3.63) is 23.3 Å². The van der Waals surface area contributed by atoms with E-state index in [1.165, 1.54) is 0 Å². The van der Waals surface area contributed by atoms with Gasteiger partial charge in [0.25, 0.3) is 5.91 Å². The molecule has 0 aliphatic heterocycles. The van der Waals surface area contributed by atoms with E-state index < -0.39 is 40.6 Å². The van der Waals surface area contributed by atoms with Gasteiger partial charge in [-0.25, -0.2) is 0 Å². The molecule has 0 radical (unpaired) electrons. The summed E-state index contributed by atoms with van der Waals surface area (Å²) in [5.74, 6) is -2.73. The second-order valence-corrected chi connectivity index (χ2v) is 4.93. The number of carbonyl (C=O) groups excluding carboxylic acids is 2. The number of unbranched alkanes of at least 4 members (excludes halogenated alkanes) is 1. The average Bonchev–Trinajstić information content (AvgIpc) is 2.49. The van der Waals surface area contributed by atoms with Gasteiger partial charge in [-0.1, -0.05) is 13.3 Å². The first-order valence-electron chi connectivity index (χ1n) is 6.92. The van der Waals surface area contributed by atoms with Gasteiger partial charge in [-0.05, 0) is 18.6 Å². The van der Waals surface area contributed by atoms with Crippen LogP contribution in [0.4, 0.5) is 13.2 Å². The summed E-state index contributed by atoms with van der Waals surface area (Å²) < 4.78 is 44.0. The Balaban J connectivity index is 3.27. The van der Waals surface area contributed by atoms with E-state index in [2.05, 4.69) is 4.74 Å². The lowest BCUT2D eigenvalue weighted by Gasteiger charge is -2.19. The second-order valence-electron chi connectivity index (χ2n) is 4.93. The molecule has 8 heteroatoms. The van der Waals surface area contributed by atoms with E-state index in [0.29, 0.717) is 29.9 Å². The van der Waals surface area contributed by atoms with Crippen molar-refractivity contribution < 1.29 is 32.6 Å². The van der Waals surface area contributed by atoms with Crippen molar-refractivity contribution in [1.29, 1.82) is 0 Å². The highest BCUT2D eigenvalue weighted by Crippen LogP contribution is 2.39. The van der Waals surface area contributed by atoms with Crippen molar-refractivity contribution >= 4 is 11.8 Å². The molecule has 0 bridgehead atoms. The molecule has 1 aromatic rings. The molecule has 0 heterocycles. The summed E-state index contributed by atoms with van der Waals surface area (Å²) in [6, 6.07) is 1.19. The molecule has 0 fully saturated rings. The molecule has 1 rings (SSSR count). The maximum absolute atomic E-state index is 13.1. The van der Waals surface area contributed by atoms with E-state index in [1.54, 1.807) is 0 Å². The summed E-state index contributed by atoms with van der Waals surface area (Å²) in [5, 5.41) is 9.64. The first kappa shape index (κ1) is 18.8. The number of ether oxygens (including phenoxy) is 1. The number of benzene rings is 1. The second kappa shape index (κ2) is 7.34. The van der Waals surface area contributed by atoms with Gasteiger partial charge in [0.1, 0.15) is 0 Å². The number of hydrogen-bond acceptors (Lipinski definition) is 4. The summed E-state index contributed by atoms with van der Waals surface area (Å²) in [6.45, 7) is 1.85. The van der Waals surface area contributed by atoms with Gasteiger partial charge in [0.05, 0.1) is 18.2 Å². The van der Waals surface area contributed by atoms with Gasteiger partial charge in [0.2, 0.25) is 5.91 Å². The Bertz CT molecular complexity index is 599. The lowest BCUT2D eigenvalue weighted by Crippen LogP contribution is -2.34. The SMILES string of the molecule is CCCCC(=O)N(C)C(=O)c1cc(O)c(OC)cc1C(F)(F)F. The first-order valence-corrected chi connectivity index (χ1v) is 6.92. The molecule has 2 amide bonds. The number of amides is 2. The van der Waals surface area contributed by atoms with Crippen molar-refractivity contribution in [2.24, 2.45) is 0 Å². The van der Waals surface area contributed by atoms with Gasteiger partial charge in [-0.3, -0.25) is 14.5 Å². The fraction of sp³-hybridized carbons (Fsp3) is 0.467. The van der Waals surface area contributed by atoms with Crippen LogP contribution >= 0.6 is 0 Å². The van der Waals surface area contributed by atoms with Crippen molar-refractivity contribution in [3.63, 3.8) is 0 Å². The van der Waals surface area contributed by atoms with Gasteiger partial charge >= 0.3 is 6.18 Å². The summed E-state index contributed by atoms with van der Waals surface area (Å²) in [7, 11) is 2.21. The zero-order chi connectivity index (χ0) is 17.8. The van der Waals surface area contributed by atoms with Crippen molar-refractivity contribution in [2.45, 2.75) is 32.4 Å². The lowest BCUT2D eigenvalue weighted by molar-refractivity contribution is -0.138. The Labute approximate surface area is 131 Å². The van der Waals surface area contributed by atoms with Gasteiger partial charge < -0.3 is 9.84 Å². The van der Waals surface area contributed by atoms with Crippen LogP contribution in [0.1, 0.15) is 42.1 Å². The molecule has 1 aromatic carbocycles. The van der Waals surface area contributed by atoms with E-state index >= 15 is 0 Å². The van der Waals surface area contributed by atoms with E-state index in [1.807, 2.05) is 6.92 Å². The zero-order valence-electron chi connectivity index (χ0n) is 13.0. The molecular weight excluding hydrogens is 315 g/mol. The van der Waals surface area contributed by atoms with Gasteiger partial charge in [-0.2, -0.15) is 13.2 Å². The standard InChI is InChI=1S/C15H18F3NO4/c1-4-5-6-13(21)19(2)14(22)9-7-11(20)12(23-3)8-10(9)15(16,17)18/h7-8,20H,4-6H2,1-3H3. The van der Waals surface area contributed by atoms with E-state index in [0.717, 1.165) is 14.2 Å². The number of rotatable bonds is 5. The van der Waals surface area contributed by atoms with E-state index in [9.17, 15) is 27.9 Å². The number of carbonyl (C=O) groups is 2. The van der Waals surface area contributed by atoms with Gasteiger partial charge in [0, 0.05) is 13.5 Å². The maximum Gasteiger partial charge on any atom is 0.417 e. The normalized spacial score (nSPS) is 11.2. The third-order valence-electron chi connectivity index (χ3n) is 3.28. The number of hydrogen-bond donors (Lipinski definition) is 1. The number of aromatic hydroxyl groups is 1. The molecule has 0 aliphatic carbocycles. The Morgan fingerprint density at radius 1 is 1.30 bits per heavy atom. The van der Waals surface area contributed by atoms with Crippen molar-refractivity contribution in [1.82, 2.24) is 4.90 Å². The van der Waals surface area contributed by atoms with Gasteiger partial charge in [-0.15, -0.1) is 0 Å². The highest BCUT2D eigenvalue weighted by Gasteiger charge is 2.38. The van der Waals surface area contributed by atoms with Crippen LogP contribution in [0.15, 0.2) is 12.1 Å². The fourth-order valence-corrected chi connectivity index (χ4v) is 1.93. The summed E-state index contributed by atoms with van der Waals surface area (Å²) in [5.41, 5.74) is -2.07. The number of halogens is 3. The number of methoxy groups -OCH3 is 1. The minimum absolute atomic E-state index is 0.0578. The number of phenolic OH excluding ortho intramolecular Hbond substituents is 1. The average molecular weight is 333 g/mol. The first-order chi connectivity index (χ1) is 10.6. The molecule has 128 valence electrons. The predicted octanol–water partition coefficient (Wildman–Crippen LogP) is 3.21. The minimum atomic E-state index is -4.83. The summed E-state index contributed by atoms with van der Waals surface area (Å²) in [4.78, 5) is 24.7.